The molecule has 1 aliphatic rings. The molecule has 0 fully saturated rings. The smallest absolute Gasteiger partial charge is 0.285 e. The molecule has 0 saturated carbocycles. The van der Waals surface area contributed by atoms with Crippen molar-refractivity contribution in [1.29, 1.82) is 0 Å². The van der Waals surface area contributed by atoms with Gasteiger partial charge >= 0.3 is 0 Å². The second-order valence-corrected chi connectivity index (χ2v) is 3.32. The lowest BCUT2D eigenvalue weighted by Gasteiger charge is -2.41. The number of hydroxylamine groups is 6. The molecule has 6 nitrogen and oxygen atoms in total. The monoisotopic (exact) mass is 188 g/mol. The number of quaternary nitrogens is 2. The second kappa shape index (κ2) is 2.85. The Kier molecular flexibility index (Phi) is 2.25. The molecule has 1 aliphatic heterocycles. The standard InChI is InChI=1S/C7H16N4O2/c1-3-10(12)5-11(13,4-2)7(9)6(10)8/h3-5,8-9H2,1-2H3. The number of rotatable bonds is 2. The largest absolute Gasteiger partial charge is 0.622 e. The minimum Gasteiger partial charge on any atom is -0.622 e. The zero-order valence-electron chi connectivity index (χ0n) is 7.99. The van der Waals surface area contributed by atoms with Gasteiger partial charge in [-0.2, -0.15) is 0 Å². The SMILES string of the molecule is CC[N+]1([O-])C[N+]([O-])(CC)C(N)=C1N. The van der Waals surface area contributed by atoms with Crippen LogP contribution < -0.4 is 11.5 Å². The summed E-state index contributed by atoms with van der Waals surface area (Å²) in [6, 6.07) is 0. The molecule has 1 heterocycles. The maximum Gasteiger partial charge on any atom is 0.285 e. The molecule has 0 spiro atoms. The molecular formula is C7H16N4O2. The minimum absolute atomic E-state index is 0.0284. The van der Waals surface area contributed by atoms with Crippen LogP contribution in [0, 0.1) is 10.4 Å². The zero-order chi connectivity index (χ0) is 10.3. The molecule has 0 aromatic rings. The van der Waals surface area contributed by atoms with Gasteiger partial charge in [0.1, 0.15) is 0 Å². The molecule has 0 amide bonds. The Balaban J connectivity index is 3.07. The summed E-state index contributed by atoms with van der Waals surface area (Å²) in [5.74, 6) is -0.0568. The highest BCUT2D eigenvalue weighted by molar-refractivity contribution is 4.97. The van der Waals surface area contributed by atoms with Gasteiger partial charge in [-0.05, 0) is 13.8 Å². The third-order valence-corrected chi connectivity index (χ3v) is 2.62. The highest BCUT2D eigenvalue weighted by atomic mass is 16.6. The van der Waals surface area contributed by atoms with E-state index in [9.17, 15) is 10.4 Å². The Morgan fingerprint density at radius 3 is 1.54 bits per heavy atom. The molecule has 1 rings (SSSR count). The molecule has 0 aromatic heterocycles. The Morgan fingerprint density at radius 1 is 1.08 bits per heavy atom. The molecule has 0 aliphatic carbocycles. The van der Waals surface area contributed by atoms with Gasteiger partial charge in [-0.15, -0.1) is 0 Å². The van der Waals surface area contributed by atoms with Crippen molar-refractivity contribution in [3.63, 3.8) is 0 Å². The molecule has 0 bridgehead atoms. The van der Waals surface area contributed by atoms with Crippen LogP contribution in [-0.2, 0) is 0 Å². The number of nitrogens with two attached hydrogens (primary N) is 2. The Morgan fingerprint density at radius 2 is 1.38 bits per heavy atom. The van der Waals surface area contributed by atoms with Crippen molar-refractivity contribution in [3.05, 3.63) is 22.1 Å². The Hall–Kier alpha value is -0.820. The van der Waals surface area contributed by atoms with Crippen molar-refractivity contribution in [3.8, 4) is 0 Å². The maximum atomic E-state index is 11.8. The topological polar surface area (TPSA) is 98.2 Å². The van der Waals surface area contributed by atoms with Crippen LogP contribution in [0.1, 0.15) is 13.8 Å². The van der Waals surface area contributed by atoms with Gasteiger partial charge in [0.25, 0.3) is 11.6 Å². The van der Waals surface area contributed by atoms with Crippen molar-refractivity contribution in [2.75, 3.05) is 19.8 Å². The van der Waals surface area contributed by atoms with Crippen LogP contribution in [0.4, 0.5) is 0 Å². The average Bonchev–Trinajstić information content (AvgIpc) is 2.30. The minimum atomic E-state index is -0.789. The van der Waals surface area contributed by atoms with Crippen LogP contribution in [-0.4, -0.2) is 29.1 Å². The molecule has 0 aromatic carbocycles. The molecular weight excluding hydrogens is 172 g/mol. The molecule has 0 radical (unpaired) electrons. The van der Waals surface area contributed by atoms with E-state index in [4.69, 9.17) is 11.5 Å². The quantitative estimate of drug-likeness (QED) is 0.458. The fraction of sp³-hybridized carbons (Fsp3) is 0.714. The van der Waals surface area contributed by atoms with Gasteiger partial charge in [-0.3, -0.25) is 9.29 Å². The van der Waals surface area contributed by atoms with Crippen molar-refractivity contribution in [1.82, 2.24) is 0 Å². The van der Waals surface area contributed by atoms with E-state index in [0.29, 0.717) is 0 Å². The first-order chi connectivity index (χ1) is 5.89. The molecule has 13 heavy (non-hydrogen) atoms. The summed E-state index contributed by atoms with van der Waals surface area (Å²) < 4.78 is -1.58. The van der Waals surface area contributed by atoms with E-state index in [1.165, 1.54) is 0 Å². The molecule has 0 saturated heterocycles. The first kappa shape index (κ1) is 10.3. The lowest BCUT2D eigenvalue weighted by molar-refractivity contribution is -0.994. The number of nitrogens with zero attached hydrogens (tertiary/aromatic N) is 2. The van der Waals surface area contributed by atoms with Crippen LogP contribution in [0.5, 0.6) is 0 Å². The highest BCUT2D eigenvalue weighted by Gasteiger charge is 2.43. The molecule has 4 N–H and O–H groups in total. The van der Waals surface area contributed by atoms with Gasteiger partial charge in [-0.25, -0.2) is 0 Å². The van der Waals surface area contributed by atoms with Crippen LogP contribution in [0.2, 0.25) is 0 Å². The van der Waals surface area contributed by atoms with Crippen molar-refractivity contribution in [2.45, 2.75) is 13.8 Å². The maximum absolute atomic E-state index is 11.8. The van der Waals surface area contributed by atoms with E-state index in [1.807, 2.05) is 0 Å². The summed E-state index contributed by atoms with van der Waals surface area (Å²) in [6.07, 6.45) is 0. The molecule has 2 atom stereocenters. The van der Waals surface area contributed by atoms with Crippen LogP contribution in [0.25, 0.3) is 0 Å². The lowest BCUT2D eigenvalue weighted by Crippen LogP contribution is -2.50. The van der Waals surface area contributed by atoms with Gasteiger partial charge in [0, 0.05) is 0 Å². The fourth-order valence-electron chi connectivity index (χ4n) is 1.48. The molecule has 76 valence electrons. The average molecular weight is 188 g/mol. The first-order valence-corrected chi connectivity index (χ1v) is 4.32. The Labute approximate surface area is 77.3 Å². The summed E-state index contributed by atoms with van der Waals surface area (Å²) in [5, 5.41) is 23.7. The first-order valence-electron chi connectivity index (χ1n) is 4.32. The van der Waals surface area contributed by atoms with Gasteiger partial charge in [0.15, 0.2) is 0 Å². The summed E-state index contributed by atoms with van der Waals surface area (Å²) in [5.41, 5.74) is 11.0. The van der Waals surface area contributed by atoms with Crippen LogP contribution in [0.3, 0.4) is 0 Å². The van der Waals surface area contributed by atoms with E-state index in [2.05, 4.69) is 0 Å². The number of hydrogen-bond acceptors (Lipinski definition) is 4. The molecule has 6 heteroatoms. The zero-order valence-corrected chi connectivity index (χ0v) is 7.99. The predicted octanol–water partition coefficient (Wildman–Crippen LogP) is -0.329. The Bertz CT molecular complexity index is 231. The lowest BCUT2D eigenvalue weighted by atomic mass is 10.5. The van der Waals surface area contributed by atoms with E-state index >= 15 is 0 Å². The van der Waals surface area contributed by atoms with Crippen molar-refractivity contribution < 1.29 is 9.29 Å². The van der Waals surface area contributed by atoms with E-state index < -0.39 is 9.29 Å². The summed E-state index contributed by atoms with van der Waals surface area (Å²) in [6.45, 7) is 3.74. The van der Waals surface area contributed by atoms with Gasteiger partial charge < -0.3 is 21.9 Å². The van der Waals surface area contributed by atoms with Crippen molar-refractivity contribution >= 4 is 0 Å². The van der Waals surface area contributed by atoms with Crippen LogP contribution in [0.15, 0.2) is 11.6 Å². The van der Waals surface area contributed by atoms with E-state index in [0.717, 1.165) is 0 Å². The third kappa shape index (κ3) is 1.28. The summed E-state index contributed by atoms with van der Waals surface area (Å²) in [7, 11) is 0. The summed E-state index contributed by atoms with van der Waals surface area (Å²) in [4.78, 5) is 0. The predicted molar refractivity (Wildman–Crippen MR) is 48.6 cm³/mol. The van der Waals surface area contributed by atoms with E-state index in [-0.39, 0.29) is 31.4 Å². The van der Waals surface area contributed by atoms with E-state index in [1.54, 1.807) is 13.8 Å². The molecule has 2 unspecified atom stereocenters. The highest BCUT2D eigenvalue weighted by Crippen LogP contribution is 2.30. The number of hydrogen-bond donors (Lipinski definition) is 2. The normalized spacial score (nSPS) is 40.0. The summed E-state index contributed by atoms with van der Waals surface area (Å²) >= 11 is 0. The van der Waals surface area contributed by atoms with Crippen LogP contribution >= 0.6 is 0 Å². The van der Waals surface area contributed by atoms with Crippen molar-refractivity contribution in [2.24, 2.45) is 11.5 Å². The van der Waals surface area contributed by atoms with Gasteiger partial charge in [0.05, 0.1) is 13.1 Å². The second-order valence-electron chi connectivity index (χ2n) is 3.32. The van der Waals surface area contributed by atoms with Gasteiger partial charge in [-0.1, -0.05) is 0 Å². The fourth-order valence-corrected chi connectivity index (χ4v) is 1.48. The van der Waals surface area contributed by atoms with Gasteiger partial charge in [0.2, 0.25) is 6.67 Å². The third-order valence-electron chi connectivity index (χ3n) is 2.62.